The quantitative estimate of drug-likeness (QED) is 0.865. The summed E-state index contributed by atoms with van der Waals surface area (Å²) in [5.74, 6) is 2.01. The Morgan fingerprint density at radius 2 is 2.00 bits per heavy atom. The molecule has 1 aliphatic rings. The number of nitrogens with one attached hydrogen (secondary N) is 1. The van der Waals surface area contributed by atoms with Crippen LogP contribution in [-0.4, -0.2) is 16.0 Å². The molecule has 2 unspecified atom stereocenters. The first-order valence-electron chi connectivity index (χ1n) is 6.56. The van der Waals surface area contributed by atoms with Gasteiger partial charge < -0.3 is 11.1 Å². The van der Waals surface area contributed by atoms with Crippen molar-refractivity contribution in [2.45, 2.75) is 32.2 Å². The molecule has 0 aliphatic heterocycles. The first-order chi connectivity index (χ1) is 8.78. The molecular weight excluding hydrogens is 224 g/mol. The van der Waals surface area contributed by atoms with Crippen molar-refractivity contribution in [1.29, 1.82) is 0 Å². The smallest absolute Gasteiger partial charge is 0.169 e. The van der Waals surface area contributed by atoms with Gasteiger partial charge in [0.05, 0.1) is 11.0 Å². The Hall–Kier alpha value is -1.84. The van der Waals surface area contributed by atoms with Crippen LogP contribution >= 0.6 is 0 Å². The standard InChI is InChI=1S/C14H18N4/c1-2-5-9-8-12(9)18-14-13(15)16-10-6-3-4-7-11(10)17-14/h3-4,6-7,9,12H,2,5,8H2,1H3,(H2,15,16)(H,17,18). The lowest BCUT2D eigenvalue weighted by molar-refractivity contribution is 0.692. The summed E-state index contributed by atoms with van der Waals surface area (Å²) in [6.45, 7) is 2.22. The molecule has 2 aromatic rings. The Kier molecular flexibility index (Phi) is 2.78. The second kappa shape index (κ2) is 4.44. The Balaban J connectivity index is 1.82. The minimum Gasteiger partial charge on any atom is -0.381 e. The van der Waals surface area contributed by atoms with Gasteiger partial charge in [-0.1, -0.05) is 25.5 Å². The average molecular weight is 242 g/mol. The highest BCUT2D eigenvalue weighted by molar-refractivity contribution is 5.79. The molecule has 1 aliphatic carbocycles. The normalized spacial score (nSPS) is 22.1. The Labute approximate surface area is 107 Å². The van der Waals surface area contributed by atoms with Crippen molar-refractivity contribution in [2.75, 3.05) is 11.1 Å². The van der Waals surface area contributed by atoms with Gasteiger partial charge in [-0.2, -0.15) is 0 Å². The van der Waals surface area contributed by atoms with Crippen LogP contribution < -0.4 is 11.1 Å². The number of fused-ring (bicyclic) bond motifs is 1. The molecule has 4 nitrogen and oxygen atoms in total. The van der Waals surface area contributed by atoms with Crippen LogP contribution in [0.25, 0.3) is 11.0 Å². The zero-order valence-corrected chi connectivity index (χ0v) is 10.6. The van der Waals surface area contributed by atoms with Crippen LogP contribution in [0.5, 0.6) is 0 Å². The van der Waals surface area contributed by atoms with E-state index in [1.807, 2.05) is 24.3 Å². The van der Waals surface area contributed by atoms with E-state index in [1.54, 1.807) is 0 Å². The van der Waals surface area contributed by atoms with Crippen molar-refractivity contribution >= 4 is 22.7 Å². The molecule has 1 saturated carbocycles. The fraction of sp³-hybridized carbons (Fsp3) is 0.429. The molecule has 3 rings (SSSR count). The second-order valence-corrected chi connectivity index (χ2v) is 4.98. The van der Waals surface area contributed by atoms with Gasteiger partial charge in [0.15, 0.2) is 11.6 Å². The molecular formula is C14H18N4. The lowest BCUT2D eigenvalue weighted by Gasteiger charge is -2.08. The molecule has 1 aromatic heterocycles. The first-order valence-corrected chi connectivity index (χ1v) is 6.56. The maximum absolute atomic E-state index is 5.95. The highest BCUT2D eigenvalue weighted by Gasteiger charge is 2.36. The molecule has 1 aromatic carbocycles. The third kappa shape index (κ3) is 2.10. The first kappa shape index (κ1) is 11.3. The van der Waals surface area contributed by atoms with E-state index in [0.717, 1.165) is 22.8 Å². The van der Waals surface area contributed by atoms with Gasteiger partial charge >= 0.3 is 0 Å². The van der Waals surface area contributed by atoms with Gasteiger partial charge in [-0.15, -0.1) is 0 Å². The van der Waals surface area contributed by atoms with Gasteiger partial charge in [0.2, 0.25) is 0 Å². The van der Waals surface area contributed by atoms with Crippen LogP contribution in [-0.2, 0) is 0 Å². The highest BCUT2D eigenvalue weighted by atomic mass is 15.1. The third-order valence-electron chi connectivity index (χ3n) is 3.50. The van der Waals surface area contributed by atoms with Crippen LogP contribution in [0.2, 0.25) is 0 Å². The van der Waals surface area contributed by atoms with E-state index in [1.165, 1.54) is 19.3 Å². The van der Waals surface area contributed by atoms with Gasteiger partial charge in [-0.25, -0.2) is 9.97 Å². The summed E-state index contributed by atoms with van der Waals surface area (Å²) in [6.07, 6.45) is 3.74. The van der Waals surface area contributed by atoms with E-state index >= 15 is 0 Å². The lowest BCUT2D eigenvalue weighted by Crippen LogP contribution is -2.10. The molecule has 4 heteroatoms. The summed E-state index contributed by atoms with van der Waals surface area (Å²) >= 11 is 0. The maximum atomic E-state index is 5.95. The minimum atomic E-state index is 0.496. The molecule has 2 atom stereocenters. The number of aromatic nitrogens is 2. The topological polar surface area (TPSA) is 63.8 Å². The zero-order chi connectivity index (χ0) is 12.5. The van der Waals surface area contributed by atoms with Gasteiger partial charge in [-0.3, -0.25) is 0 Å². The van der Waals surface area contributed by atoms with Crippen LogP contribution in [0.4, 0.5) is 11.6 Å². The summed E-state index contributed by atoms with van der Waals surface area (Å²) < 4.78 is 0. The van der Waals surface area contributed by atoms with Crippen molar-refractivity contribution in [3.63, 3.8) is 0 Å². The van der Waals surface area contributed by atoms with E-state index in [2.05, 4.69) is 22.2 Å². The molecule has 1 fully saturated rings. The molecule has 1 heterocycles. The number of benzene rings is 1. The van der Waals surface area contributed by atoms with Crippen molar-refractivity contribution in [2.24, 2.45) is 5.92 Å². The zero-order valence-electron chi connectivity index (χ0n) is 10.6. The average Bonchev–Trinajstić information content (AvgIpc) is 3.09. The van der Waals surface area contributed by atoms with Crippen LogP contribution in [0.15, 0.2) is 24.3 Å². The summed E-state index contributed by atoms with van der Waals surface area (Å²) in [4.78, 5) is 8.93. The van der Waals surface area contributed by atoms with E-state index in [9.17, 15) is 0 Å². The van der Waals surface area contributed by atoms with Crippen LogP contribution in [0.3, 0.4) is 0 Å². The fourth-order valence-electron chi connectivity index (χ4n) is 2.41. The molecule has 18 heavy (non-hydrogen) atoms. The van der Waals surface area contributed by atoms with Crippen LogP contribution in [0, 0.1) is 5.92 Å². The SMILES string of the molecule is CCCC1CC1Nc1nc2ccccc2nc1N. The maximum Gasteiger partial charge on any atom is 0.169 e. The third-order valence-corrected chi connectivity index (χ3v) is 3.50. The predicted octanol–water partition coefficient (Wildman–Crippen LogP) is 2.81. The number of nitrogen functional groups attached to an aromatic ring is 1. The van der Waals surface area contributed by atoms with E-state index in [4.69, 9.17) is 5.73 Å². The fourth-order valence-corrected chi connectivity index (χ4v) is 2.41. The van der Waals surface area contributed by atoms with Crippen molar-refractivity contribution < 1.29 is 0 Å². The van der Waals surface area contributed by atoms with E-state index in [-0.39, 0.29) is 0 Å². The molecule has 94 valence electrons. The monoisotopic (exact) mass is 242 g/mol. The minimum absolute atomic E-state index is 0.496. The van der Waals surface area contributed by atoms with Gasteiger partial charge in [0.25, 0.3) is 0 Å². The van der Waals surface area contributed by atoms with Crippen molar-refractivity contribution in [3.05, 3.63) is 24.3 Å². The molecule has 0 saturated heterocycles. The Morgan fingerprint density at radius 1 is 1.28 bits per heavy atom. The number of para-hydroxylation sites is 2. The van der Waals surface area contributed by atoms with Gasteiger partial charge in [0, 0.05) is 6.04 Å². The molecule has 0 radical (unpaired) electrons. The molecule has 0 spiro atoms. The van der Waals surface area contributed by atoms with E-state index in [0.29, 0.717) is 11.9 Å². The summed E-state index contributed by atoms with van der Waals surface area (Å²) in [5, 5.41) is 3.41. The van der Waals surface area contributed by atoms with Gasteiger partial charge in [-0.05, 0) is 30.9 Å². The Morgan fingerprint density at radius 3 is 2.72 bits per heavy atom. The second-order valence-electron chi connectivity index (χ2n) is 4.98. The van der Waals surface area contributed by atoms with E-state index < -0.39 is 0 Å². The largest absolute Gasteiger partial charge is 0.381 e. The van der Waals surface area contributed by atoms with Crippen molar-refractivity contribution in [1.82, 2.24) is 9.97 Å². The number of anilines is 2. The van der Waals surface area contributed by atoms with Gasteiger partial charge in [0.1, 0.15) is 0 Å². The molecule has 3 N–H and O–H groups in total. The summed E-state index contributed by atoms with van der Waals surface area (Å²) in [6, 6.07) is 8.33. The number of nitrogens with two attached hydrogens (primary N) is 1. The summed E-state index contributed by atoms with van der Waals surface area (Å²) in [7, 11) is 0. The number of rotatable bonds is 4. The molecule has 0 bridgehead atoms. The van der Waals surface area contributed by atoms with Crippen LogP contribution in [0.1, 0.15) is 26.2 Å². The lowest BCUT2D eigenvalue weighted by atomic mass is 10.2. The number of hydrogen-bond acceptors (Lipinski definition) is 4. The highest BCUT2D eigenvalue weighted by Crippen LogP contribution is 2.37. The predicted molar refractivity (Wildman–Crippen MR) is 74.4 cm³/mol. The number of nitrogens with zero attached hydrogens (tertiary/aromatic N) is 2. The van der Waals surface area contributed by atoms with Crippen molar-refractivity contribution in [3.8, 4) is 0 Å². The summed E-state index contributed by atoms with van der Waals surface area (Å²) in [5.41, 5.74) is 7.69. The Bertz CT molecular complexity index is 567. The molecule has 0 amide bonds. The number of hydrogen-bond donors (Lipinski definition) is 2.